The van der Waals surface area contributed by atoms with E-state index in [0.29, 0.717) is 5.52 Å². The first-order chi connectivity index (χ1) is 15.1. The first kappa shape index (κ1) is 20.3. The number of hydrogen-bond donors (Lipinski definition) is 2. The third kappa shape index (κ3) is 4.31. The third-order valence-electron chi connectivity index (χ3n) is 5.19. The number of rotatable bonds is 6. The van der Waals surface area contributed by atoms with Crippen molar-refractivity contribution in [2.75, 3.05) is 0 Å². The molecule has 5 heteroatoms. The van der Waals surface area contributed by atoms with Gasteiger partial charge in [-0.15, -0.1) is 0 Å². The SMILES string of the molecule is CC/C(=C(/c1ccc(/C=C/C(=O)O)cc1)c1cc(F)cc2[nH]ncc12)c1ccccc1. The van der Waals surface area contributed by atoms with Crippen LogP contribution < -0.4 is 0 Å². The number of nitrogens with one attached hydrogen (secondary N) is 1. The second kappa shape index (κ2) is 8.79. The maximum atomic E-state index is 14.5. The zero-order valence-electron chi connectivity index (χ0n) is 17.0. The average molecular weight is 412 g/mol. The Bertz CT molecular complexity index is 1290. The van der Waals surface area contributed by atoms with E-state index in [0.717, 1.165) is 51.3 Å². The van der Waals surface area contributed by atoms with E-state index in [1.807, 2.05) is 42.5 Å². The summed E-state index contributed by atoms with van der Waals surface area (Å²) in [5.41, 5.74) is 6.17. The van der Waals surface area contributed by atoms with Crippen molar-refractivity contribution in [1.29, 1.82) is 0 Å². The van der Waals surface area contributed by atoms with Gasteiger partial charge in [-0.25, -0.2) is 9.18 Å². The van der Waals surface area contributed by atoms with Crippen molar-refractivity contribution in [3.63, 3.8) is 0 Å². The van der Waals surface area contributed by atoms with E-state index in [1.165, 1.54) is 6.07 Å². The molecule has 0 aliphatic carbocycles. The maximum absolute atomic E-state index is 14.5. The van der Waals surface area contributed by atoms with Crippen LogP contribution in [0.5, 0.6) is 0 Å². The first-order valence-electron chi connectivity index (χ1n) is 10.00. The number of hydrogen-bond acceptors (Lipinski definition) is 2. The van der Waals surface area contributed by atoms with Gasteiger partial charge in [0, 0.05) is 11.5 Å². The Balaban J connectivity index is 1.97. The van der Waals surface area contributed by atoms with Gasteiger partial charge in [-0.3, -0.25) is 5.10 Å². The van der Waals surface area contributed by atoms with Crippen LogP contribution in [0.15, 0.2) is 79.0 Å². The molecule has 0 spiro atoms. The molecular formula is C26H21FN2O2. The minimum atomic E-state index is -0.996. The molecule has 4 rings (SSSR count). The molecule has 0 radical (unpaired) electrons. The molecular weight excluding hydrogens is 391 g/mol. The lowest BCUT2D eigenvalue weighted by atomic mass is 9.86. The number of aliphatic carboxylic acids is 1. The van der Waals surface area contributed by atoms with Gasteiger partial charge in [0.05, 0.1) is 11.7 Å². The van der Waals surface area contributed by atoms with Crippen LogP contribution in [0.2, 0.25) is 0 Å². The molecule has 0 bridgehead atoms. The van der Waals surface area contributed by atoms with Gasteiger partial charge in [-0.2, -0.15) is 5.10 Å². The number of allylic oxidation sites excluding steroid dienone is 1. The van der Waals surface area contributed by atoms with Gasteiger partial charge in [-0.05, 0) is 58.0 Å². The van der Waals surface area contributed by atoms with Crippen molar-refractivity contribution in [3.8, 4) is 0 Å². The van der Waals surface area contributed by atoms with Gasteiger partial charge >= 0.3 is 5.97 Å². The number of benzene rings is 3. The van der Waals surface area contributed by atoms with Gasteiger partial charge in [-0.1, -0.05) is 61.5 Å². The summed E-state index contributed by atoms with van der Waals surface area (Å²) >= 11 is 0. The molecule has 2 N–H and O–H groups in total. The van der Waals surface area contributed by atoms with Crippen molar-refractivity contribution < 1.29 is 14.3 Å². The van der Waals surface area contributed by atoms with E-state index in [2.05, 4.69) is 29.3 Å². The van der Waals surface area contributed by atoms with E-state index in [-0.39, 0.29) is 5.82 Å². The summed E-state index contributed by atoms with van der Waals surface area (Å²) in [5, 5.41) is 16.7. The number of carbonyl (C=O) groups is 1. The lowest BCUT2D eigenvalue weighted by Gasteiger charge is -2.17. The molecule has 0 amide bonds. The lowest BCUT2D eigenvalue weighted by Crippen LogP contribution is -1.97. The highest BCUT2D eigenvalue weighted by Crippen LogP contribution is 2.37. The number of H-pyrrole nitrogens is 1. The Labute approximate surface area is 179 Å². The summed E-state index contributed by atoms with van der Waals surface area (Å²) in [5.74, 6) is -1.34. The highest BCUT2D eigenvalue weighted by molar-refractivity contribution is 6.05. The fourth-order valence-corrected chi connectivity index (χ4v) is 3.81. The number of aromatic nitrogens is 2. The van der Waals surface area contributed by atoms with Crippen molar-refractivity contribution >= 4 is 34.1 Å². The predicted octanol–water partition coefficient (Wildman–Crippen LogP) is 6.17. The maximum Gasteiger partial charge on any atom is 0.328 e. The fourth-order valence-electron chi connectivity index (χ4n) is 3.81. The second-order valence-corrected chi connectivity index (χ2v) is 7.15. The standard InChI is InChI=1S/C26H21FN2O2/c1-2-21(18-6-4-3-5-7-18)26(19-11-8-17(9-12-19)10-13-25(30)31)22-14-20(27)15-24-23(22)16-28-29-24/h3-16H,2H2,1H3,(H,28,29)(H,30,31)/b13-10+,26-21+. The number of aromatic amines is 1. The fraction of sp³-hybridized carbons (Fsp3) is 0.0769. The summed E-state index contributed by atoms with van der Waals surface area (Å²) in [7, 11) is 0. The molecule has 4 nitrogen and oxygen atoms in total. The third-order valence-corrected chi connectivity index (χ3v) is 5.19. The molecule has 3 aromatic carbocycles. The molecule has 1 heterocycles. The molecule has 154 valence electrons. The molecule has 1 aromatic heterocycles. The largest absolute Gasteiger partial charge is 0.478 e. The minimum absolute atomic E-state index is 0.339. The Hall–Kier alpha value is -3.99. The molecule has 0 saturated heterocycles. The molecule has 0 unspecified atom stereocenters. The number of carboxylic acids is 1. The Morgan fingerprint density at radius 2 is 1.81 bits per heavy atom. The Morgan fingerprint density at radius 1 is 1.06 bits per heavy atom. The van der Waals surface area contributed by atoms with E-state index < -0.39 is 5.97 Å². The highest BCUT2D eigenvalue weighted by atomic mass is 19.1. The van der Waals surface area contributed by atoms with Gasteiger partial charge in [0.1, 0.15) is 5.82 Å². The van der Waals surface area contributed by atoms with Crippen LogP contribution in [0.1, 0.15) is 35.6 Å². The number of nitrogens with zero attached hydrogens (tertiary/aromatic N) is 1. The van der Waals surface area contributed by atoms with E-state index in [1.54, 1.807) is 18.3 Å². The van der Waals surface area contributed by atoms with Crippen LogP contribution in [0.25, 0.3) is 28.1 Å². The summed E-state index contributed by atoms with van der Waals surface area (Å²) in [6.45, 7) is 2.08. The second-order valence-electron chi connectivity index (χ2n) is 7.15. The molecule has 0 atom stereocenters. The van der Waals surface area contributed by atoms with E-state index in [9.17, 15) is 9.18 Å². The van der Waals surface area contributed by atoms with Crippen LogP contribution >= 0.6 is 0 Å². The van der Waals surface area contributed by atoms with Crippen molar-refractivity contribution in [3.05, 3.63) is 107 Å². The molecule has 0 aliphatic rings. The number of carboxylic acid groups (broad SMARTS) is 1. The summed E-state index contributed by atoms with van der Waals surface area (Å²) in [6, 6.07) is 20.6. The molecule has 0 fully saturated rings. The summed E-state index contributed by atoms with van der Waals surface area (Å²) in [6.07, 6.45) is 5.11. The highest BCUT2D eigenvalue weighted by Gasteiger charge is 2.17. The van der Waals surface area contributed by atoms with Gasteiger partial charge < -0.3 is 5.11 Å². The van der Waals surface area contributed by atoms with Crippen LogP contribution in [0.3, 0.4) is 0 Å². The molecule has 0 saturated carbocycles. The Kier molecular flexibility index (Phi) is 5.76. The van der Waals surface area contributed by atoms with Crippen molar-refractivity contribution in [2.45, 2.75) is 13.3 Å². The monoisotopic (exact) mass is 412 g/mol. The van der Waals surface area contributed by atoms with Gasteiger partial charge in [0.2, 0.25) is 0 Å². The number of halogens is 1. The van der Waals surface area contributed by atoms with Crippen molar-refractivity contribution in [2.24, 2.45) is 0 Å². The zero-order chi connectivity index (χ0) is 21.8. The zero-order valence-corrected chi connectivity index (χ0v) is 17.0. The van der Waals surface area contributed by atoms with Crippen LogP contribution in [-0.2, 0) is 4.79 Å². The normalized spacial score (nSPS) is 12.3. The summed E-state index contributed by atoms with van der Waals surface area (Å²) < 4.78 is 14.5. The van der Waals surface area contributed by atoms with Crippen LogP contribution in [0.4, 0.5) is 4.39 Å². The smallest absolute Gasteiger partial charge is 0.328 e. The van der Waals surface area contributed by atoms with Crippen LogP contribution in [0, 0.1) is 5.82 Å². The molecule has 0 aliphatic heterocycles. The predicted molar refractivity (Wildman–Crippen MR) is 122 cm³/mol. The lowest BCUT2D eigenvalue weighted by molar-refractivity contribution is -0.131. The molecule has 31 heavy (non-hydrogen) atoms. The summed E-state index contributed by atoms with van der Waals surface area (Å²) in [4.78, 5) is 10.8. The van der Waals surface area contributed by atoms with E-state index >= 15 is 0 Å². The Morgan fingerprint density at radius 3 is 2.48 bits per heavy atom. The van der Waals surface area contributed by atoms with E-state index in [4.69, 9.17) is 5.11 Å². The van der Waals surface area contributed by atoms with Gasteiger partial charge in [0.15, 0.2) is 0 Å². The minimum Gasteiger partial charge on any atom is -0.478 e. The topological polar surface area (TPSA) is 66.0 Å². The van der Waals surface area contributed by atoms with Crippen LogP contribution in [-0.4, -0.2) is 21.3 Å². The first-order valence-corrected chi connectivity index (χ1v) is 10.00. The average Bonchev–Trinajstić information content (AvgIpc) is 3.25. The van der Waals surface area contributed by atoms with Crippen molar-refractivity contribution in [1.82, 2.24) is 10.2 Å². The quantitative estimate of drug-likeness (QED) is 0.294. The molecule has 4 aromatic rings. The van der Waals surface area contributed by atoms with Gasteiger partial charge in [0.25, 0.3) is 0 Å². The number of fused-ring (bicyclic) bond motifs is 1.